The molecular weight excluding hydrogens is 432 g/mol. The molecule has 1 aromatic rings. The van der Waals surface area contributed by atoms with Gasteiger partial charge in [-0.1, -0.05) is 0 Å². The Bertz CT molecular complexity index is 777. The first-order valence-corrected chi connectivity index (χ1v) is 9.53. The van der Waals surface area contributed by atoms with Crippen molar-refractivity contribution in [1.29, 1.82) is 0 Å². The van der Waals surface area contributed by atoms with Crippen molar-refractivity contribution in [1.82, 2.24) is 5.01 Å². The summed E-state index contributed by atoms with van der Waals surface area (Å²) in [6.45, 7) is 5.33. The highest BCUT2D eigenvalue weighted by Crippen LogP contribution is 2.43. The smallest absolute Gasteiger partial charge is 0.416 e. The molecule has 0 aromatic heterocycles. The Morgan fingerprint density at radius 3 is 1.87 bits per heavy atom. The molecule has 1 saturated carbocycles. The summed E-state index contributed by atoms with van der Waals surface area (Å²) >= 11 is 0. The largest absolute Gasteiger partial charge is 0.569 e. The molecule has 1 N–H and O–H groups in total. The highest BCUT2D eigenvalue weighted by atomic mass is 19.4. The fourth-order valence-electron chi connectivity index (χ4n) is 3.10. The lowest BCUT2D eigenvalue weighted by atomic mass is 9.77. The second-order valence-corrected chi connectivity index (χ2v) is 8.66. The molecule has 0 aliphatic heterocycles. The van der Waals surface area contributed by atoms with Crippen LogP contribution in [0.5, 0.6) is 0 Å². The van der Waals surface area contributed by atoms with Gasteiger partial charge in [-0.3, -0.25) is 0 Å². The summed E-state index contributed by atoms with van der Waals surface area (Å²) in [5, 5.41) is 27.5. The van der Waals surface area contributed by atoms with Gasteiger partial charge in [-0.05, 0) is 70.2 Å². The molecule has 1 aromatic carbocycles. The molecule has 0 unspecified atom stereocenters. The maximum Gasteiger partial charge on any atom is 0.416 e. The maximum absolute atomic E-state index is 13.1. The predicted molar refractivity (Wildman–Crippen MR) is 97.3 cm³/mol. The van der Waals surface area contributed by atoms with Crippen LogP contribution in [0.1, 0.15) is 63.1 Å². The van der Waals surface area contributed by atoms with E-state index < -0.39 is 46.3 Å². The van der Waals surface area contributed by atoms with Crippen molar-refractivity contribution in [3.8, 4) is 0 Å². The van der Waals surface area contributed by atoms with E-state index in [1.54, 1.807) is 20.8 Å². The highest BCUT2D eigenvalue weighted by molar-refractivity contribution is 5.37. The van der Waals surface area contributed by atoms with E-state index in [4.69, 9.17) is 4.84 Å². The van der Waals surface area contributed by atoms with Gasteiger partial charge in [-0.25, -0.2) is 0 Å². The van der Waals surface area contributed by atoms with Crippen molar-refractivity contribution >= 4 is 0 Å². The van der Waals surface area contributed by atoms with E-state index in [0.717, 1.165) is 0 Å². The Labute approximate surface area is 175 Å². The maximum atomic E-state index is 13.1. The van der Waals surface area contributed by atoms with Gasteiger partial charge in [-0.15, -0.1) is 5.01 Å². The van der Waals surface area contributed by atoms with Crippen LogP contribution in [-0.4, -0.2) is 33.8 Å². The predicted octanol–water partition coefficient (Wildman–Crippen LogP) is 5.39. The molecule has 0 radical (unpaired) electrons. The topological polar surface area (TPSA) is 71.1 Å². The van der Waals surface area contributed by atoms with Crippen LogP contribution >= 0.6 is 0 Å². The molecule has 31 heavy (non-hydrogen) atoms. The zero-order valence-electron chi connectivity index (χ0n) is 17.5. The van der Waals surface area contributed by atoms with Gasteiger partial charge in [0.25, 0.3) is 0 Å². The average molecular weight is 457 g/mol. The third kappa shape index (κ3) is 6.14. The number of halogens is 6. The summed E-state index contributed by atoms with van der Waals surface area (Å²) in [5.74, 6) is 0. The number of aliphatic hydroxyl groups is 1. The summed E-state index contributed by atoms with van der Waals surface area (Å²) in [6, 6.07) is 1.10. The lowest BCUT2D eigenvalue weighted by Gasteiger charge is -2.35. The molecule has 0 bridgehead atoms. The highest BCUT2D eigenvalue weighted by Gasteiger charge is 2.42. The Morgan fingerprint density at radius 2 is 1.48 bits per heavy atom. The summed E-state index contributed by atoms with van der Waals surface area (Å²) < 4.78 is 78.6. The zero-order valence-corrected chi connectivity index (χ0v) is 17.5. The molecular formula is C19H25F6N3O3. The zero-order chi connectivity index (χ0) is 23.8. The number of hydrogen-bond acceptors (Lipinski definition) is 4. The Hall–Kier alpha value is -2.24. The summed E-state index contributed by atoms with van der Waals surface area (Å²) in [4.78, 5) is 5.43. The second kappa shape index (κ2) is 8.36. The molecule has 1 aliphatic carbocycles. The van der Waals surface area contributed by atoms with E-state index in [1.807, 2.05) is 0 Å². The van der Waals surface area contributed by atoms with Crippen LogP contribution in [-0.2, 0) is 22.8 Å². The summed E-state index contributed by atoms with van der Waals surface area (Å²) in [6.07, 6.45) is -10.7. The lowest BCUT2D eigenvalue weighted by molar-refractivity contribution is -0.720. The lowest BCUT2D eigenvalue weighted by Crippen LogP contribution is -2.42. The van der Waals surface area contributed by atoms with Gasteiger partial charge in [0.1, 0.15) is 6.10 Å². The molecule has 176 valence electrons. The van der Waals surface area contributed by atoms with Crippen molar-refractivity contribution in [2.24, 2.45) is 5.28 Å². The van der Waals surface area contributed by atoms with Crippen molar-refractivity contribution in [2.75, 3.05) is 7.05 Å². The molecule has 12 heteroatoms. The fraction of sp³-hybridized carbons (Fsp3) is 0.684. The monoisotopic (exact) mass is 457 g/mol. The quantitative estimate of drug-likeness (QED) is 0.285. The van der Waals surface area contributed by atoms with E-state index in [1.165, 1.54) is 12.1 Å². The number of hydrazine groups is 1. The van der Waals surface area contributed by atoms with Crippen molar-refractivity contribution in [3.63, 3.8) is 0 Å². The van der Waals surface area contributed by atoms with Crippen molar-refractivity contribution in [2.45, 2.75) is 76.1 Å². The number of alkyl halides is 6. The minimum absolute atomic E-state index is 0.0229. The van der Waals surface area contributed by atoms with Gasteiger partial charge in [0.05, 0.1) is 34.3 Å². The Balaban J connectivity index is 2.18. The first kappa shape index (κ1) is 25.0. The third-order valence-corrected chi connectivity index (χ3v) is 5.38. The number of hydrogen-bond donors (Lipinski definition) is 1. The van der Waals surface area contributed by atoms with Gasteiger partial charge in [-0.2, -0.15) is 26.3 Å². The Morgan fingerprint density at radius 1 is 1.03 bits per heavy atom. The van der Waals surface area contributed by atoms with E-state index in [0.29, 0.717) is 12.1 Å². The molecule has 0 spiro atoms. The van der Waals surface area contributed by atoms with Crippen LogP contribution < -0.4 is 0 Å². The molecule has 0 saturated heterocycles. The molecule has 1 fully saturated rings. The van der Waals surface area contributed by atoms with Gasteiger partial charge >= 0.3 is 12.4 Å². The van der Waals surface area contributed by atoms with Crippen LogP contribution in [0.15, 0.2) is 23.5 Å². The third-order valence-electron chi connectivity index (χ3n) is 5.38. The minimum Gasteiger partial charge on any atom is -0.569 e. The van der Waals surface area contributed by atoms with Gasteiger partial charge in [0.2, 0.25) is 5.28 Å². The van der Waals surface area contributed by atoms with Crippen LogP contribution in [0.3, 0.4) is 0 Å². The summed E-state index contributed by atoms with van der Waals surface area (Å²) in [7, 11) is 1.51. The molecule has 2 rings (SSSR count). The number of rotatable bonds is 4. The molecule has 0 amide bonds. The van der Waals surface area contributed by atoms with Crippen LogP contribution in [0.25, 0.3) is 0 Å². The average Bonchev–Trinajstić information content (AvgIpc) is 2.64. The SMILES string of the molecule is CN(/[N+]([O-])=N/OC1CCC(O)(c2cc(C(F)(F)F)cc(C(F)(F)F)c2)CC1)C(C)(C)C. The number of nitrogens with zero attached hydrogens (tertiary/aromatic N) is 3. The van der Waals surface area contributed by atoms with Gasteiger partial charge < -0.3 is 15.2 Å². The molecule has 6 nitrogen and oxygen atoms in total. The molecule has 1 aliphatic rings. The van der Waals surface area contributed by atoms with E-state index in [2.05, 4.69) is 5.28 Å². The normalized spacial score (nSPS) is 23.6. The van der Waals surface area contributed by atoms with E-state index in [-0.39, 0.29) is 36.7 Å². The van der Waals surface area contributed by atoms with E-state index >= 15 is 0 Å². The van der Waals surface area contributed by atoms with Crippen LogP contribution in [0.4, 0.5) is 26.3 Å². The van der Waals surface area contributed by atoms with Gasteiger partial charge in [0, 0.05) is 0 Å². The summed E-state index contributed by atoms with van der Waals surface area (Å²) in [5.41, 5.74) is -5.83. The fourth-order valence-corrected chi connectivity index (χ4v) is 3.10. The second-order valence-electron chi connectivity index (χ2n) is 8.66. The minimum atomic E-state index is -5.00. The van der Waals surface area contributed by atoms with Crippen molar-refractivity contribution < 1.29 is 41.3 Å². The van der Waals surface area contributed by atoms with Crippen molar-refractivity contribution in [3.05, 3.63) is 40.1 Å². The Kier molecular flexibility index (Phi) is 6.75. The first-order chi connectivity index (χ1) is 13.9. The standard InChI is InChI=1S/C19H25F6N3O3/c1-16(2,3)27(4)28(30)26-31-15-5-7-17(29,8-6-15)12-9-13(18(20,21)22)11-14(10-12)19(23,24)25/h9-11,15,29H,5-8H2,1-4H3/b28-26-. The van der Waals surface area contributed by atoms with Gasteiger partial charge in [0.15, 0.2) is 0 Å². The number of benzene rings is 1. The van der Waals surface area contributed by atoms with Crippen LogP contribution in [0, 0.1) is 5.21 Å². The molecule has 0 heterocycles. The van der Waals surface area contributed by atoms with Crippen LogP contribution in [0.2, 0.25) is 0 Å². The molecule has 0 atom stereocenters. The first-order valence-electron chi connectivity index (χ1n) is 9.53. The van der Waals surface area contributed by atoms with E-state index in [9.17, 15) is 36.7 Å².